The molecular weight excluding hydrogens is 238 g/mol. The predicted molar refractivity (Wildman–Crippen MR) is 75.2 cm³/mol. The van der Waals surface area contributed by atoms with Crippen molar-refractivity contribution < 1.29 is 4.79 Å². The Hall–Kier alpha value is -1.45. The Labute approximate surface area is 115 Å². The SMILES string of the molecule is Cc1nc(C)c(C(=O)NC2CCCCCC2)c(C)n1. The average Bonchev–Trinajstić information content (AvgIpc) is 2.56. The summed E-state index contributed by atoms with van der Waals surface area (Å²) in [5.41, 5.74) is 2.20. The summed E-state index contributed by atoms with van der Waals surface area (Å²) >= 11 is 0. The zero-order valence-electron chi connectivity index (χ0n) is 12.1. The number of carbonyl (C=O) groups excluding carboxylic acids is 1. The molecule has 0 unspecified atom stereocenters. The van der Waals surface area contributed by atoms with Crippen LogP contribution < -0.4 is 5.32 Å². The second-order valence-corrected chi connectivity index (χ2v) is 5.48. The van der Waals surface area contributed by atoms with Gasteiger partial charge < -0.3 is 5.32 Å². The highest BCUT2D eigenvalue weighted by Crippen LogP contribution is 2.18. The van der Waals surface area contributed by atoms with Crippen LogP contribution in [0.15, 0.2) is 0 Å². The van der Waals surface area contributed by atoms with Crippen LogP contribution in [-0.2, 0) is 0 Å². The first-order valence-electron chi connectivity index (χ1n) is 7.20. The number of carbonyl (C=O) groups is 1. The Bertz CT molecular complexity index is 439. The molecule has 2 rings (SSSR count). The van der Waals surface area contributed by atoms with Gasteiger partial charge in [-0.3, -0.25) is 4.79 Å². The fourth-order valence-electron chi connectivity index (χ4n) is 2.89. The first-order valence-corrected chi connectivity index (χ1v) is 7.20. The van der Waals surface area contributed by atoms with Crippen molar-refractivity contribution in [3.63, 3.8) is 0 Å². The lowest BCUT2D eigenvalue weighted by molar-refractivity contribution is 0.0931. The van der Waals surface area contributed by atoms with Gasteiger partial charge in [-0.05, 0) is 33.6 Å². The highest BCUT2D eigenvalue weighted by molar-refractivity contribution is 5.96. The van der Waals surface area contributed by atoms with E-state index in [0.717, 1.165) is 30.1 Å². The zero-order valence-corrected chi connectivity index (χ0v) is 12.1. The van der Waals surface area contributed by atoms with E-state index in [1.165, 1.54) is 25.7 Å². The molecule has 0 atom stereocenters. The number of amides is 1. The van der Waals surface area contributed by atoms with Gasteiger partial charge in [0.15, 0.2) is 0 Å². The van der Waals surface area contributed by atoms with Gasteiger partial charge >= 0.3 is 0 Å². The normalized spacial score (nSPS) is 17.0. The molecule has 0 saturated heterocycles. The second kappa shape index (κ2) is 6.13. The summed E-state index contributed by atoms with van der Waals surface area (Å²) in [7, 11) is 0. The Morgan fingerprint density at radius 1 is 1.00 bits per heavy atom. The molecule has 19 heavy (non-hydrogen) atoms. The van der Waals surface area contributed by atoms with Gasteiger partial charge in [0.05, 0.1) is 17.0 Å². The molecule has 0 aliphatic heterocycles. The second-order valence-electron chi connectivity index (χ2n) is 5.48. The van der Waals surface area contributed by atoms with Crippen molar-refractivity contribution in [2.75, 3.05) is 0 Å². The molecule has 1 aliphatic rings. The molecule has 0 aromatic carbocycles. The number of hydrogen-bond donors (Lipinski definition) is 1. The molecule has 0 spiro atoms. The number of aromatic nitrogens is 2. The summed E-state index contributed by atoms with van der Waals surface area (Å²) in [6, 6.07) is 0.315. The highest BCUT2D eigenvalue weighted by atomic mass is 16.1. The number of nitrogens with zero attached hydrogens (tertiary/aromatic N) is 2. The van der Waals surface area contributed by atoms with Crippen molar-refractivity contribution in [1.29, 1.82) is 0 Å². The monoisotopic (exact) mass is 261 g/mol. The van der Waals surface area contributed by atoms with Gasteiger partial charge in [-0.2, -0.15) is 0 Å². The molecule has 1 heterocycles. The average molecular weight is 261 g/mol. The molecule has 1 amide bonds. The lowest BCUT2D eigenvalue weighted by Gasteiger charge is -2.17. The minimum Gasteiger partial charge on any atom is -0.349 e. The minimum absolute atomic E-state index is 0.0121. The van der Waals surface area contributed by atoms with Crippen LogP contribution in [-0.4, -0.2) is 21.9 Å². The molecule has 4 heteroatoms. The summed E-state index contributed by atoms with van der Waals surface area (Å²) in [6.07, 6.45) is 7.20. The number of aryl methyl sites for hydroxylation is 3. The topological polar surface area (TPSA) is 54.9 Å². The molecule has 4 nitrogen and oxygen atoms in total. The van der Waals surface area contributed by atoms with Gasteiger partial charge in [-0.15, -0.1) is 0 Å². The van der Waals surface area contributed by atoms with Gasteiger partial charge in [0.25, 0.3) is 5.91 Å². The van der Waals surface area contributed by atoms with E-state index in [1.807, 2.05) is 20.8 Å². The molecule has 104 valence electrons. The first kappa shape index (κ1) is 14.0. The van der Waals surface area contributed by atoms with Crippen molar-refractivity contribution in [3.05, 3.63) is 22.8 Å². The first-order chi connectivity index (χ1) is 9.08. The minimum atomic E-state index is -0.0121. The third-order valence-electron chi connectivity index (χ3n) is 3.80. The van der Waals surface area contributed by atoms with E-state index in [9.17, 15) is 4.79 Å². The van der Waals surface area contributed by atoms with Gasteiger partial charge in [0, 0.05) is 6.04 Å². The largest absolute Gasteiger partial charge is 0.349 e. The Morgan fingerprint density at radius 2 is 1.53 bits per heavy atom. The summed E-state index contributed by atoms with van der Waals surface area (Å²) in [6.45, 7) is 5.61. The van der Waals surface area contributed by atoms with Crippen LogP contribution in [0.1, 0.15) is 66.1 Å². The van der Waals surface area contributed by atoms with Gasteiger partial charge in [0.2, 0.25) is 0 Å². The molecule has 0 radical (unpaired) electrons. The lowest BCUT2D eigenvalue weighted by Crippen LogP contribution is -2.35. The number of hydrogen-bond acceptors (Lipinski definition) is 3. The zero-order chi connectivity index (χ0) is 13.8. The van der Waals surface area contributed by atoms with Gasteiger partial charge in [-0.25, -0.2) is 9.97 Å². The smallest absolute Gasteiger partial charge is 0.255 e. The molecule has 1 saturated carbocycles. The third-order valence-corrected chi connectivity index (χ3v) is 3.80. The lowest BCUT2D eigenvalue weighted by atomic mass is 10.1. The van der Waals surface area contributed by atoms with E-state index >= 15 is 0 Å². The molecule has 1 fully saturated rings. The van der Waals surface area contributed by atoms with Crippen LogP contribution in [0.2, 0.25) is 0 Å². The predicted octanol–water partition coefficient (Wildman–Crippen LogP) is 2.85. The maximum absolute atomic E-state index is 12.4. The summed E-state index contributed by atoms with van der Waals surface area (Å²) in [5, 5.41) is 3.16. The third kappa shape index (κ3) is 3.52. The van der Waals surface area contributed by atoms with E-state index in [2.05, 4.69) is 15.3 Å². The Balaban J connectivity index is 2.11. The maximum Gasteiger partial charge on any atom is 0.255 e. The van der Waals surface area contributed by atoms with E-state index in [1.54, 1.807) is 0 Å². The van der Waals surface area contributed by atoms with Crippen molar-refractivity contribution in [2.24, 2.45) is 0 Å². The van der Waals surface area contributed by atoms with Crippen LogP contribution in [0, 0.1) is 20.8 Å². The standard InChI is InChI=1S/C15H23N3O/c1-10-14(11(2)17-12(3)16-10)15(19)18-13-8-6-4-5-7-9-13/h13H,4-9H2,1-3H3,(H,18,19). The van der Waals surface area contributed by atoms with Crippen LogP contribution in [0.25, 0.3) is 0 Å². The molecule has 1 aliphatic carbocycles. The molecule has 1 aromatic rings. The highest BCUT2D eigenvalue weighted by Gasteiger charge is 2.19. The van der Waals surface area contributed by atoms with E-state index < -0.39 is 0 Å². The maximum atomic E-state index is 12.4. The van der Waals surface area contributed by atoms with Crippen molar-refractivity contribution in [1.82, 2.24) is 15.3 Å². The Morgan fingerprint density at radius 3 is 2.05 bits per heavy atom. The fraction of sp³-hybridized carbons (Fsp3) is 0.667. The quantitative estimate of drug-likeness (QED) is 0.833. The number of nitrogens with one attached hydrogen (secondary N) is 1. The Kier molecular flexibility index (Phi) is 4.51. The van der Waals surface area contributed by atoms with E-state index in [4.69, 9.17) is 0 Å². The fourth-order valence-corrected chi connectivity index (χ4v) is 2.89. The molecule has 1 aromatic heterocycles. The van der Waals surface area contributed by atoms with Gasteiger partial charge in [-0.1, -0.05) is 25.7 Å². The van der Waals surface area contributed by atoms with Gasteiger partial charge in [0.1, 0.15) is 5.82 Å². The van der Waals surface area contributed by atoms with Crippen LogP contribution >= 0.6 is 0 Å². The van der Waals surface area contributed by atoms with Crippen molar-refractivity contribution in [2.45, 2.75) is 65.3 Å². The van der Waals surface area contributed by atoms with Crippen LogP contribution in [0.4, 0.5) is 0 Å². The molecular formula is C15H23N3O. The van der Waals surface area contributed by atoms with E-state index in [0.29, 0.717) is 11.6 Å². The molecule has 0 bridgehead atoms. The van der Waals surface area contributed by atoms with Crippen molar-refractivity contribution in [3.8, 4) is 0 Å². The van der Waals surface area contributed by atoms with Crippen LogP contribution in [0.3, 0.4) is 0 Å². The van der Waals surface area contributed by atoms with Crippen molar-refractivity contribution >= 4 is 5.91 Å². The summed E-state index contributed by atoms with van der Waals surface area (Å²) < 4.78 is 0. The summed E-state index contributed by atoms with van der Waals surface area (Å²) in [4.78, 5) is 21.0. The van der Waals surface area contributed by atoms with E-state index in [-0.39, 0.29) is 5.91 Å². The molecule has 1 N–H and O–H groups in total. The number of rotatable bonds is 2. The summed E-state index contributed by atoms with van der Waals surface area (Å²) in [5.74, 6) is 0.711. The van der Waals surface area contributed by atoms with Crippen LogP contribution in [0.5, 0.6) is 0 Å².